The number of rotatable bonds is 3. The first-order chi connectivity index (χ1) is 11.6. The first-order valence-corrected chi connectivity index (χ1v) is 7.06. The summed E-state index contributed by atoms with van der Waals surface area (Å²) in [5.74, 6) is 4.84. The van der Waals surface area contributed by atoms with Gasteiger partial charge in [0.15, 0.2) is 17.0 Å². The minimum absolute atomic E-state index is 0.0737. The van der Waals surface area contributed by atoms with Gasteiger partial charge >= 0.3 is 0 Å². The van der Waals surface area contributed by atoms with E-state index in [4.69, 9.17) is 16.0 Å². The molecule has 0 bridgehead atoms. The fourth-order valence-corrected chi connectivity index (χ4v) is 2.22. The smallest absolute Gasteiger partial charge is 0.255 e. The third kappa shape index (κ3) is 2.95. The molecule has 0 aliphatic rings. The first-order valence-electron chi connectivity index (χ1n) is 7.06. The SMILES string of the molecule is NN=C(N)c1cc(=O)c2cc(NC(=O)c3ccccc3)ccc2o1. The van der Waals surface area contributed by atoms with Crippen LogP contribution in [0.15, 0.2) is 68.9 Å². The van der Waals surface area contributed by atoms with E-state index in [2.05, 4.69) is 10.4 Å². The van der Waals surface area contributed by atoms with E-state index in [1.54, 1.807) is 42.5 Å². The number of nitrogens with two attached hydrogens (primary N) is 2. The van der Waals surface area contributed by atoms with Crippen LogP contribution >= 0.6 is 0 Å². The summed E-state index contributed by atoms with van der Waals surface area (Å²) in [6.45, 7) is 0. The van der Waals surface area contributed by atoms with Crippen LogP contribution in [0.5, 0.6) is 0 Å². The molecular weight excluding hydrogens is 308 g/mol. The number of hydrogen-bond acceptors (Lipinski definition) is 5. The number of fused-ring (bicyclic) bond motifs is 1. The van der Waals surface area contributed by atoms with Gasteiger partial charge in [-0.15, -0.1) is 0 Å². The molecule has 0 aliphatic carbocycles. The highest BCUT2D eigenvalue weighted by Crippen LogP contribution is 2.18. The van der Waals surface area contributed by atoms with E-state index in [1.807, 2.05) is 6.07 Å². The van der Waals surface area contributed by atoms with Gasteiger partial charge in [0, 0.05) is 17.3 Å². The molecule has 0 spiro atoms. The molecule has 5 N–H and O–H groups in total. The Hall–Kier alpha value is -3.61. The van der Waals surface area contributed by atoms with Crippen molar-refractivity contribution in [1.29, 1.82) is 0 Å². The van der Waals surface area contributed by atoms with Crippen LogP contribution in [-0.2, 0) is 0 Å². The molecule has 1 heterocycles. The summed E-state index contributed by atoms with van der Waals surface area (Å²) in [6.07, 6.45) is 0. The zero-order valence-electron chi connectivity index (χ0n) is 12.5. The van der Waals surface area contributed by atoms with Crippen molar-refractivity contribution in [3.05, 3.63) is 76.1 Å². The summed E-state index contributed by atoms with van der Waals surface area (Å²) in [5, 5.41) is 6.35. The van der Waals surface area contributed by atoms with E-state index in [0.29, 0.717) is 22.2 Å². The van der Waals surface area contributed by atoms with Crippen LogP contribution in [0.1, 0.15) is 16.1 Å². The van der Waals surface area contributed by atoms with E-state index in [9.17, 15) is 9.59 Å². The van der Waals surface area contributed by atoms with Crippen molar-refractivity contribution >= 4 is 28.4 Å². The maximum Gasteiger partial charge on any atom is 0.255 e. The normalized spacial score (nSPS) is 11.4. The summed E-state index contributed by atoms with van der Waals surface area (Å²) in [5.41, 5.74) is 6.56. The number of nitrogens with zero attached hydrogens (tertiary/aromatic N) is 1. The topological polar surface area (TPSA) is 124 Å². The number of carbonyl (C=O) groups excluding carboxylic acids is 1. The van der Waals surface area contributed by atoms with Crippen molar-refractivity contribution in [1.82, 2.24) is 0 Å². The first kappa shape index (κ1) is 15.3. The Kier molecular flexibility index (Phi) is 3.98. The lowest BCUT2D eigenvalue weighted by molar-refractivity contribution is 0.102. The van der Waals surface area contributed by atoms with Crippen molar-refractivity contribution < 1.29 is 9.21 Å². The van der Waals surface area contributed by atoms with Gasteiger partial charge in [-0.25, -0.2) is 0 Å². The number of amidine groups is 1. The fourth-order valence-electron chi connectivity index (χ4n) is 2.22. The van der Waals surface area contributed by atoms with E-state index in [0.717, 1.165) is 0 Å². The highest BCUT2D eigenvalue weighted by atomic mass is 16.3. The molecular formula is C17H14N4O3. The van der Waals surface area contributed by atoms with Crippen LogP contribution in [0.25, 0.3) is 11.0 Å². The van der Waals surface area contributed by atoms with Crippen molar-refractivity contribution in [3.63, 3.8) is 0 Å². The van der Waals surface area contributed by atoms with Crippen LogP contribution in [0, 0.1) is 0 Å². The summed E-state index contributed by atoms with van der Waals surface area (Å²) in [4.78, 5) is 24.4. The van der Waals surface area contributed by atoms with Crippen molar-refractivity contribution in [3.8, 4) is 0 Å². The molecule has 0 unspecified atom stereocenters. The molecule has 0 aliphatic heterocycles. The minimum Gasteiger partial charge on any atom is -0.452 e. The Bertz CT molecular complexity index is 994. The van der Waals surface area contributed by atoms with Gasteiger partial charge in [-0.1, -0.05) is 18.2 Å². The quantitative estimate of drug-likeness (QED) is 0.292. The maximum atomic E-state index is 12.2. The molecule has 7 nitrogen and oxygen atoms in total. The van der Waals surface area contributed by atoms with Gasteiger partial charge in [0.2, 0.25) is 0 Å². The zero-order chi connectivity index (χ0) is 17.1. The Balaban J connectivity index is 1.96. The predicted octanol–water partition coefficient (Wildman–Crippen LogP) is 1.62. The van der Waals surface area contributed by atoms with Crippen LogP contribution in [0.3, 0.4) is 0 Å². The number of anilines is 1. The molecule has 24 heavy (non-hydrogen) atoms. The fraction of sp³-hybridized carbons (Fsp3) is 0. The van der Waals surface area contributed by atoms with Crippen LogP contribution < -0.4 is 22.3 Å². The number of nitrogens with one attached hydrogen (secondary N) is 1. The Morgan fingerprint density at radius 3 is 2.54 bits per heavy atom. The second-order valence-corrected chi connectivity index (χ2v) is 5.02. The van der Waals surface area contributed by atoms with Gasteiger partial charge in [0.25, 0.3) is 5.91 Å². The van der Waals surface area contributed by atoms with Crippen LogP contribution in [0.2, 0.25) is 0 Å². The summed E-state index contributed by atoms with van der Waals surface area (Å²) < 4.78 is 5.49. The largest absolute Gasteiger partial charge is 0.452 e. The lowest BCUT2D eigenvalue weighted by Gasteiger charge is -2.07. The van der Waals surface area contributed by atoms with E-state index < -0.39 is 0 Å². The highest BCUT2D eigenvalue weighted by molar-refractivity contribution is 6.05. The van der Waals surface area contributed by atoms with Crippen molar-refractivity contribution in [2.75, 3.05) is 5.32 Å². The number of benzene rings is 2. The van der Waals surface area contributed by atoms with Crippen LogP contribution in [-0.4, -0.2) is 11.7 Å². The highest BCUT2D eigenvalue weighted by Gasteiger charge is 2.10. The molecule has 1 aromatic heterocycles. The van der Waals surface area contributed by atoms with Crippen molar-refractivity contribution in [2.45, 2.75) is 0 Å². The second-order valence-electron chi connectivity index (χ2n) is 5.02. The number of carbonyl (C=O) groups is 1. The molecule has 0 radical (unpaired) electrons. The van der Waals surface area contributed by atoms with E-state index >= 15 is 0 Å². The molecule has 3 rings (SSSR count). The Labute approximate surface area is 136 Å². The number of hydrogen-bond donors (Lipinski definition) is 3. The molecule has 0 saturated heterocycles. The minimum atomic E-state index is -0.311. The summed E-state index contributed by atoms with van der Waals surface area (Å²) in [7, 11) is 0. The maximum absolute atomic E-state index is 12.2. The van der Waals surface area contributed by atoms with E-state index in [-0.39, 0.29) is 22.9 Å². The Morgan fingerprint density at radius 2 is 1.83 bits per heavy atom. The van der Waals surface area contributed by atoms with Gasteiger partial charge in [-0.2, -0.15) is 5.10 Å². The summed E-state index contributed by atoms with van der Waals surface area (Å²) in [6, 6.07) is 14.7. The monoisotopic (exact) mass is 322 g/mol. The Morgan fingerprint density at radius 1 is 1.08 bits per heavy atom. The lowest BCUT2D eigenvalue weighted by Crippen LogP contribution is -2.18. The average molecular weight is 322 g/mol. The van der Waals surface area contributed by atoms with Gasteiger partial charge in [-0.05, 0) is 30.3 Å². The van der Waals surface area contributed by atoms with E-state index in [1.165, 1.54) is 6.07 Å². The molecule has 0 saturated carbocycles. The molecule has 2 aromatic carbocycles. The lowest BCUT2D eigenvalue weighted by atomic mass is 10.1. The third-order valence-electron chi connectivity index (χ3n) is 3.41. The molecule has 7 heteroatoms. The average Bonchev–Trinajstić information content (AvgIpc) is 2.62. The van der Waals surface area contributed by atoms with Gasteiger partial charge < -0.3 is 21.3 Å². The molecule has 0 fully saturated rings. The van der Waals surface area contributed by atoms with Gasteiger partial charge in [0.1, 0.15) is 5.58 Å². The number of amides is 1. The third-order valence-corrected chi connectivity index (χ3v) is 3.41. The zero-order valence-corrected chi connectivity index (χ0v) is 12.5. The van der Waals surface area contributed by atoms with Gasteiger partial charge in [-0.3, -0.25) is 9.59 Å². The second kappa shape index (κ2) is 6.25. The number of hydrazone groups is 1. The standard InChI is InChI=1S/C17H14N4O3/c18-16(21-19)15-9-13(22)12-8-11(6-7-14(12)24-15)20-17(23)10-4-2-1-3-5-10/h1-9H,19H2,(H2,18,21)(H,20,23). The van der Waals surface area contributed by atoms with Gasteiger partial charge in [0.05, 0.1) is 5.39 Å². The van der Waals surface area contributed by atoms with Crippen molar-refractivity contribution in [2.24, 2.45) is 16.7 Å². The van der Waals surface area contributed by atoms with Crippen LogP contribution in [0.4, 0.5) is 5.69 Å². The molecule has 1 amide bonds. The molecule has 3 aromatic rings. The molecule has 0 atom stereocenters. The molecule has 120 valence electrons. The predicted molar refractivity (Wildman–Crippen MR) is 91.8 cm³/mol. The summed E-state index contributed by atoms with van der Waals surface area (Å²) >= 11 is 0.